The van der Waals surface area contributed by atoms with Crippen molar-refractivity contribution in [3.63, 3.8) is 0 Å². The van der Waals surface area contributed by atoms with Gasteiger partial charge in [0.1, 0.15) is 0 Å². The second kappa shape index (κ2) is 8.14. The minimum atomic E-state index is -3.11. The largest absolute Gasteiger partial charge is 0.308 e. The van der Waals surface area contributed by atoms with Crippen molar-refractivity contribution in [2.75, 3.05) is 19.3 Å². The summed E-state index contributed by atoms with van der Waals surface area (Å²) in [6.07, 6.45) is 4.64. The monoisotopic (exact) mass is 399 g/mol. The number of benzene rings is 1. The molecule has 0 saturated heterocycles. The fourth-order valence-corrected chi connectivity index (χ4v) is 4.76. The lowest BCUT2D eigenvalue weighted by Gasteiger charge is -2.23. The highest BCUT2D eigenvalue weighted by Gasteiger charge is 2.24. The highest BCUT2D eigenvalue weighted by molar-refractivity contribution is 7.88. The summed E-state index contributed by atoms with van der Waals surface area (Å²) in [7, 11) is -3.11. The number of hydrogen-bond acceptors (Lipinski definition) is 5. The molecule has 5 nitrogen and oxygen atoms in total. The van der Waals surface area contributed by atoms with Gasteiger partial charge in [-0.25, -0.2) is 18.1 Å². The molecule has 2 aromatic rings. The van der Waals surface area contributed by atoms with E-state index in [1.807, 2.05) is 12.1 Å². The van der Waals surface area contributed by atoms with Crippen LogP contribution in [0.5, 0.6) is 0 Å². The van der Waals surface area contributed by atoms with Crippen molar-refractivity contribution < 1.29 is 8.42 Å². The van der Waals surface area contributed by atoms with Crippen molar-refractivity contribution in [3.05, 3.63) is 50.4 Å². The molecule has 0 spiro atoms. The number of aromatic nitrogens is 1. The average molecular weight is 400 g/mol. The van der Waals surface area contributed by atoms with E-state index in [1.54, 1.807) is 11.3 Å². The van der Waals surface area contributed by atoms with Crippen LogP contribution in [0.4, 0.5) is 0 Å². The fraction of sp³-hybridized carbons (Fsp3) is 0.471. The van der Waals surface area contributed by atoms with E-state index in [0.717, 1.165) is 48.0 Å². The van der Waals surface area contributed by atoms with Gasteiger partial charge in [0, 0.05) is 29.4 Å². The molecule has 0 bridgehead atoms. The fourth-order valence-electron chi connectivity index (χ4n) is 2.95. The summed E-state index contributed by atoms with van der Waals surface area (Å²) in [5.41, 5.74) is 2.39. The molecule has 8 heteroatoms. The molecule has 3 rings (SSSR count). The molecule has 0 aliphatic carbocycles. The first kappa shape index (κ1) is 18.8. The van der Waals surface area contributed by atoms with Crippen molar-refractivity contribution in [2.24, 2.45) is 0 Å². The van der Waals surface area contributed by atoms with Gasteiger partial charge in [0.05, 0.1) is 23.0 Å². The van der Waals surface area contributed by atoms with Gasteiger partial charge >= 0.3 is 0 Å². The number of aryl methyl sites for hydroxylation is 1. The first-order valence-corrected chi connectivity index (χ1v) is 11.4. The van der Waals surface area contributed by atoms with Gasteiger partial charge in [-0.2, -0.15) is 0 Å². The number of sulfonamides is 1. The molecular weight excluding hydrogens is 378 g/mol. The Morgan fingerprint density at radius 2 is 2.12 bits per heavy atom. The second-order valence-electron chi connectivity index (χ2n) is 6.27. The molecule has 25 heavy (non-hydrogen) atoms. The predicted octanol–water partition coefficient (Wildman–Crippen LogP) is 2.71. The third kappa shape index (κ3) is 5.49. The van der Waals surface area contributed by atoms with E-state index < -0.39 is 10.0 Å². The number of nitrogens with one attached hydrogen (secondary N) is 2. The normalized spacial score (nSPS) is 17.4. The molecule has 1 aliphatic rings. The van der Waals surface area contributed by atoms with Crippen molar-refractivity contribution in [1.29, 1.82) is 0 Å². The molecule has 0 fully saturated rings. The van der Waals surface area contributed by atoms with E-state index in [-0.39, 0.29) is 6.04 Å². The lowest BCUT2D eigenvalue weighted by Crippen LogP contribution is -2.30. The van der Waals surface area contributed by atoms with Gasteiger partial charge in [-0.15, -0.1) is 11.3 Å². The summed E-state index contributed by atoms with van der Waals surface area (Å²) in [5.74, 6) is 0. The highest BCUT2D eigenvalue weighted by atomic mass is 35.5. The van der Waals surface area contributed by atoms with Crippen molar-refractivity contribution in [2.45, 2.75) is 31.7 Å². The summed E-state index contributed by atoms with van der Waals surface area (Å²) in [4.78, 5) is 6.18. The maximum atomic E-state index is 11.1. The molecule has 1 aromatic heterocycles. The molecular formula is C17H22ClN3O2S2. The van der Waals surface area contributed by atoms with E-state index in [2.05, 4.69) is 22.2 Å². The lowest BCUT2D eigenvalue weighted by atomic mass is 9.99. The molecule has 136 valence electrons. The Morgan fingerprint density at radius 1 is 1.36 bits per heavy atom. The van der Waals surface area contributed by atoms with Crippen LogP contribution in [-0.2, 0) is 29.3 Å². The Hall–Kier alpha value is -0.990. The average Bonchev–Trinajstić information content (AvgIpc) is 2.97. The number of rotatable bonds is 7. The van der Waals surface area contributed by atoms with Crippen molar-refractivity contribution >= 4 is 33.0 Å². The Balaban J connectivity index is 1.63. The van der Waals surface area contributed by atoms with Crippen LogP contribution in [0.15, 0.2) is 24.3 Å². The van der Waals surface area contributed by atoms with Gasteiger partial charge in [-0.05, 0) is 37.0 Å². The van der Waals surface area contributed by atoms with Gasteiger partial charge in [0.25, 0.3) is 0 Å². The minimum absolute atomic E-state index is 0.226. The molecule has 2 heterocycles. The maximum Gasteiger partial charge on any atom is 0.208 e. The van der Waals surface area contributed by atoms with E-state index in [4.69, 9.17) is 16.6 Å². The molecule has 0 saturated carbocycles. The maximum absolute atomic E-state index is 11.1. The van der Waals surface area contributed by atoms with Crippen LogP contribution >= 0.6 is 22.9 Å². The van der Waals surface area contributed by atoms with Gasteiger partial charge in [-0.3, -0.25) is 0 Å². The quantitative estimate of drug-likeness (QED) is 0.702. The molecule has 1 unspecified atom stereocenters. The van der Waals surface area contributed by atoms with Crippen LogP contribution in [0.3, 0.4) is 0 Å². The van der Waals surface area contributed by atoms with E-state index in [1.165, 1.54) is 16.7 Å². The molecule has 0 amide bonds. The highest BCUT2D eigenvalue weighted by Crippen LogP contribution is 2.30. The van der Waals surface area contributed by atoms with Crippen LogP contribution in [-0.4, -0.2) is 32.7 Å². The molecule has 1 atom stereocenters. The SMILES string of the molecule is CS(=O)(=O)NCCCc1nc2c(s1)CCNC2Cc1ccc(Cl)cc1. The molecule has 2 N–H and O–H groups in total. The zero-order valence-electron chi connectivity index (χ0n) is 14.1. The summed E-state index contributed by atoms with van der Waals surface area (Å²) in [5, 5.41) is 5.40. The van der Waals surface area contributed by atoms with Crippen LogP contribution < -0.4 is 10.0 Å². The summed E-state index contributed by atoms with van der Waals surface area (Å²) < 4.78 is 24.7. The second-order valence-corrected chi connectivity index (χ2v) is 9.71. The van der Waals surface area contributed by atoms with Gasteiger partial charge < -0.3 is 5.32 Å². The van der Waals surface area contributed by atoms with E-state index in [9.17, 15) is 8.42 Å². The number of thiazole rings is 1. The van der Waals surface area contributed by atoms with Gasteiger partial charge in [-0.1, -0.05) is 23.7 Å². The summed E-state index contributed by atoms with van der Waals surface area (Å²) >= 11 is 7.72. The number of halogens is 1. The van der Waals surface area contributed by atoms with Crippen LogP contribution in [0.1, 0.15) is 33.6 Å². The van der Waals surface area contributed by atoms with Crippen LogP contribution in [0.2, 0.25) is 5.02 Å². The first-order chi connectivity index (χ1) is 11.9. The molecule has 0 radical (unpaired) electrons. The third-order valence-corrected chi connectivity index (χ3v) is 6.30. The third-order valence-electron chi connectivity index (χ3n) is 4.13. The van der Waals surface area contributed by atoms with Crippen molar-refractivity contribution in [1.82, 2.24) is 15.0 Å². The predicted molar refractivity (Wildman–Crippen MR) is 103 cm³/mol. The van der Waals surface area contributed by atoms with E-state index >= 15 is 0 Å². The zero-order chi connectivity index (χ0) is 17.9. The molecule has 1 aliphatic heterocycles. The van der Waals surface area contributed by atoms with Crippen molar-refractivity contribution in [3.8, 4) is 0 Å². The van der Waals surface area contributed by atoms with Crippen LogP contribution in [0.25, 0.3) is 0 Å². The standard InChI is InChI=1S/C17H22ClN3O2S2/c1-25(22,23)20-9-2-3-16-21-17-14(19-10-8-15(17)24-16)11-12-4-6-13(18)7-5-12/h4-7,14,19-20H,2-3,8-11H2,1H3. The Labute approximate surface area is 157 Å². The Bertz CT molecular complexity index is 819. The smallest absolute Gasteiger partial charge is 0.208 e. The molecule has 1 aromatic carbocycles. The number of fused-ring (bicyclic) bond motifs is 1. The topological polar surface area (TPSA) is 71.1 Å². The minimum Gasteiger partial charge on any atom is -0.308 e. The van der Waals surface area contributed by atoms with Gasteiger partial charge in [0.15, 0.2) is 0 Å². The van der Waals surface area contributed by atoms with E-state index in [0.29, 0.717) is 6.54 Å². The van der Waals surface area contributed by atoms with Crippen LogP contribution in [0, 0.1) is 0 Å². The summed E-state index contributed by atoms with van der Waals surface area (Å²) in [6.45, 7) is 1.41. The number of hydrogen-bond donors (Lipinski definition) is 2. The Kier molecular flexibility index (Phi) is 6.12. The Morgan fingerprint density at radius 3 is 2.84 bits per heavy atom. The van der Waals surface area contributed by atoms with Gasteiger partial charge in [0.2, 0.25) is 10.0 Å². The zero-order valence-corrected chi connectivity index (χ0v) is 16.5. The number of nitrogens with zero attached hydrogens (tertiary/aromatic N) is 1. The summed E-state index contributed by atoms with van der Waals surface area (Å²) in [6, 6.07) is 8.18. The first-order valence-electron chi connectivity index (χ1n) is 8.31. The lowest BCUT2D eigenvalue weighted by molar-refractivity contribution is 0.495.